The van der Waals surface area contributed by atoms with Gasteiger partial charge in [0.1, 0.15) is 17.5 Å². The number of esters is 1. The van der Waals surface area contributed by atoms with Crippen molar-refractivity contribution < 1.29 is 23.6 Å². The predicted octanol–water partition coefficient (Wildman–Crippen LogP) is 6.53. The van der Waals surface area contributed by atoms with Crippen LogP contribution in [0.4, 0.5) is 16.2 Å². The zero-order valence-electron chi connectivity index (χ0n) is 21.8. The van der Waals surface area contributed by atoms with Crippen LogP contribution in [-0.4, -0.2) is 37.4 Å². The molecule has 1 N–H and O–H groups in total. The second-order valence-electron chi connectivity index (χ2n) is 10.1. The number of benzene rings is 2. The number of nitrogens with one attached hydrogen (secondary N) is 1. The maximum atomic E-state index is 12.7. The summed E-state index contributed by atoms with van der Waals surface area (Å²) in [5.74, 6) is 0.644. The average molecular weight is 538 g/mol. The van der Waals surface area contributed by atoms with Gasteiger partial charge in [0, 0.05) is 35.3 Å². The Morgan fingerprint density at radius 2 is 1.82 bits per heavy atom. The van der Waals surface area contributed by atoms with Gasteiger partial charge in [-0.15, -0.1) is 0 Å². The molecule has 1 aliphatic carbocycles. The minimum Gasteiger partial charge on any atom is -0.468 e. The summed E-state index contributed by atoms with van der Waals surface area (Å²) in [4.78, 5) is 27.2. The topological polar surface area (TPSA) is 93.9 Å². The van der Waals surface area contributed by atoms with Crippen LogP contribution in [0.5, 0.6) is 0 Å². The number of ether oxygens (including phenoxy) is 2. The molecule has 2 heterocycles. The lowest BCUT2D eigenvalue weighted by molar-refractivity contribution is -0.143. The Hall–Kier alpha value is -3.52. The minimum atomic E-state index is -0.581. The summed E-state index contributed by atoms with van der Waals surface area (Å²) in [5, 5.41) is 7.51. The number of piperidine rings is 1. The molecule has 1 saturated heterocycles. The van der Waals surface area contributed by atoms with Crippen molar-refractivity contribution in [3.05, 3.63) is 76.1 Å². The molecule has 2 fully saturated rings. The van der Waals surface area contributed by atoms with Gasteiger partial charge in [-0.1, -0.05) is 47.1 Å². The van der Waals surface area contributed by atoms with Crippen LogP contribution in [0.2, 0.25) is 5.02 Å². The number of halogens is 1. The van der Waals surface area contributed by atoms with Crippen LogP contribution in [0.3, 0.4) is 0 Å². The Balaban J connectivity index is 1.20. The fourth-order valence-corrected chi connectivity index (χ4v) is 5.59. The van der Waals surface area contributed by atoms with E-state index in [2.05, 4.69) is 27.5 Å². The fraction of sp³-hybridized carbons (Fsp3) is 0.414. The van der Waals surface area contributed by atoms with Gasteiger partial charge in [-0.3, -0.25) is 10.1 Å². The third kappa shape index (κ3) is 5.10. The van der Waals surface area contributed by atoms with Crippen molar-refractivity contribution in [2.75, 3.05) is 30.4 Å². The van der Waals surface area contributed by atoms with Crippen molar-refractivity contribution in [1.29, 1.82) is 0 Å². The number of carbonyl (C=O) groups excluding carboxylic acids is 2. The van der Waals surface area contributed by atoms with Crippen LogP contribution in [0.1, 0.15) is 67.2 Å². The molecule has 1 atom stereocenters. The molecule has 0 unspecified atom stereocenters. The van der Waals surface area contributed by atoms with E-state index in [4.69, 9.17) is 25.6 Å². The number of hydrogen-bond acceptors (Lipinski definition) is 7. The summed E-state index contributed by atoms with van der Waals surface area (Å²) in [6, 6.07) is 15.5. The first kappa shape index (κ1) is 26.1. The molecule has 9 heteroatoms. The molecule has 0 radical (unpaired) electrons. The van der Waals surface area contributed by atoms with E-state index in [1.165, 1.54) is 7.11 Å². The Morgan fingerprint density at radius 3 is 2.45 bits per heavy atom. The summed E-state index contributed by atoms with van der Waals surface area (Å²) >= 11 is 6.24. The highest BCUT2D eigenvalue weighted by Gasteiger charge is 2.52. The monoisotopic (exact) mass is 537 g/mol. The first-order chi connectivity index (χ1) is 18.3. The van der Waals surface area contributed by atoms with Gasteiger partial charge in [-0.05, 0) is 63.3 Å². The Bertz CT molecular complexity index is 1310. The summed E-state index contributed by atoms with van der Waals surface area (Å²) in [6.07, 6.45) is 2.28. The second kappa shape index (κ2) is 10.7. The van der Waals surface area contributed by atoms with Crippen molar-refractivity contribution >= 4 is 35.0 Å². The van der Waals surface area contributed by atoms with Crippen LogP contribution in [-0.2, 0) is 19.7 Å². The van der Waals surface area contributed by atoms with E-state index in [0.717, 1.165) is 55.6 Å². The normalized spacial score (nSPS) is 17.5. The molecule has 8 nitrogen and oxygen atoms in total. The first-order valence-electron chi connectivity index (χ1n) is 12.9. The van der Waals surface area contributed by atoms with Crippen molar-refractivity contribution in [1.82, 2.24) is 5.16 Å². The highest BCUT2D eigenvalue weighted by atomic mass is 35.5. The number of methoxy groups -OCH3 is 1. The lowest BCUT2D eigenvalue weighted by Gasteiger charge is -2.33. The molecule has 2 aliphatic rings. The average Bonchev–Trinajstić information content (AvgIpc) is 3.67. The van der Waals surface area contributed by atoms with Crippen LogP contribution in [0, 0.1) is 6.92 Å². The Labute approximate surface area is 227 Å². The minimum absolute atomic E-state index is 0.122. The zero-order valence-corrected chi connectivity index (χ0v) is 22.6. The molecule has 1 amide bonds. The van der Waals surface area contributed by atoms with E-state index in [9.17, 15) is 9.59 Å². The molecular weight excluding hydrogens is 506 g/mol. The van der Waals surface area contributed by atoms with Crippen LogP contribution < -0.4 is 10.2 Å². The number of amides is 1. The number of nitrogens with zero attached hydrogens (tertiary/aromatic N) is 2. The molecule has 2 aromatic carbocycles. The van der Waals surface area contributed by atoms with E-state index in [1.807, 2.05) is 30.3 Å². The van der Waals surface area contributed by atoms with Gasteiger partial charge in [0.05, 0.1) is 12.5 Å². The van der Waals surface area contributed by atoms with Crippen molar-refractivity contribution in [3.8, 4) is 0 Å². The smallest absolute Gasteiger partial charge is 0.412 e. The second-order valence-corrected chi connectivity index (χ2v) is 10.5. The van der Waals surface area contributed by atoms with E-state index < -0.39 is 17.6 Å². The number of rotatable bonds is 7. The number of aromatic nitrogens is 1. The van der Waals surface area contributed by atoms with E-state index in [0.29, 0.717) is 22.2 Å². The zero-order chi connectivity index (χ0) is 26.9. The quantitative estimate of drug-likeness (QED) is 0.342. The molecule has 0 spiro atoms. The molecule has 1 saturated carbocycles. The van der Waals surface area contributed by atoms with Gasteiger partial charge in [-0.2, -0.15) is 0 Å². The van der Waals surface area contributed by atoms with E-state index >= 15 is 0 Å². The molecule has 38 heavy (non-hydrogen) atoms. The number of hydrogen-bond donors (Lipinski definition) is 1. The molecule has 1 aromatic heterocycles. The van der Waals surface area contributed by atoms with E-state index in [1.54, 1.807) is 19.9 Å². The van der Waals surface area contributed by atoms with Gasteiger partial charge in [0.15, 0.2) is 5.76 Å². The van der Waals surface area contributed by atoms with Crippen molar-refractivity contribution in [2.24, 2.45) is 0 Å². The SMILES string of the molecule is COC(=O)C1(c2ccc(N3CCC(c4onc(C)c4NC(=O)O[C@H](C)c4ccccc4Cl)CC3)cc2)CC1. The highest BCUT2D eigenvalue weighted by molar-refractivity contribution is 6.31. The van der Waals surface area contributed by atoms with Gasteiger partial charge in [0.2, 0.25) is 0 Å². The number of aryl methyl sites for hydroxylation is 1. The van der Waals surface area contributed by atoms with Gasteiger partial charge >= 0.3 is 12.1 Å². The maximum absolute atomic E-state index is 12.7. The Morgan fingerprint density at radius 1 is 1.13 bits per heavy atom. The standard InChI is InChI=1S/C29H32ClN3O5/c1-18-25(31-28(35)37-19(2)23-6-4-5-7-24(23)30)26(38-32-18)20-12-16-33(17-13-20)22-10-8-21(9-11-22)29(14-15-29)27(34)36-3/h4-11,19-20H,12-17H2,1-3H3,(H,31,35)/t19-/m1/s1. The molecule has 0 bridgehead atoms. The summed E-state index contributed by atoms with van der Waals surface area (Å²) in [5.41, 5.74) is 3.61. The van der Waals surface area contributed by atoms with Crippen LogP contribution in [0.25, 0.3) is 0 Å². The fourth-order valence-electron chi connectivity index (χ4n) is 5.30. The molecule has 200 valence electrons. The maximum Gasteiger partial charge on any atom is 0.412 e. The van der Waals surface area contributed by atoms with Crippen molar-refractivity contribution in [2.45, 2.75) is 57.0 Å². The van der Waals surface area contributed by atoms with Gasteiger partial charge in [0.25, 0.3) is 0 Å². The third-order valence-corrected chi connectivity index (χ3v) is 8.06. The first-order valence-corrected chi connectivity index (χ1v) is 13.3. The highest BCUT2D eigenvalue weighted by Crippen LogP contribution is 2.49. The molecule has 5 rings (SSSR count). The number of carbonyl (C=O) groups is 2. The van der Waals surface area contributed by atoms with Gasteiger partial charge < -0.3 is 18.9 Å². The van der Waals surface area contributed by atoms with Gasteiger partial charge in [-0.25, -0.2) is 4.79 Å². The lowest BCUT2D eigenvalue weighted by atomic mass is 9.92. The van der Waals surface area contributed by atoms with Crippen molar-refractivity contribution in [3.63, 3.8) is 0 Å². The van der Waals surface area contributed by atoms with Crippen LogP contribution >= 0.6 is 11.6 Å². The summed E-state index contributed by atoms with van der Waals surface area (Å²) < 4.78 is 16.3. The molecular formula is C29H32ClN3O5. The predicted molar refractivity (Wildman–Crippen MR) is 145 cm³/mol. The van der Waals surface area contributed by atoms with E-state index in [-0.39, 0.29) is 11.9 Å². The van der Waals surface area contributed by atoms with Crippen LogP contribution in [0.15, 0.2) is 53.1 Å². The largest absolute Gasteiger partial charge is 0.468 e. The lowest BCUT2D eigenvalue weighted by Crippen LogP contribution is -2.33. The number of anilines is 2. The molecule has 3 aromatic rings. The third-order valence-electron chi connectivity index (χ3n) is 7.72. The Kier molecular flexibility index (Phi) is 7.34. The summed E-state index contributed by atoms with van der Waals surface area (Å²) in [6.45, 7) is 5.25. The molecule has 1 aliphatic heterocycles. The summed E-state index contributed by atoms with van der Waals surface area (Å²) in [7, 11) is 1.45.